The van der Waals surface area contributed by atoms with Crippen LogP contribution in [0.15, 0.2) is 63.3 Å². The van der Waals surface area contributed by atoms with Crippen molar-refractivity contribution in [1.82, 2.24) is 9.03 Å². The molecule has 1 fully saturated rings. The lowest BCUT2D eigenvalue weighted by atomic mass is 10.1. The van der Waals surface area contributed by atoms with Crippen LogP contribution in [0.1, 0.15) is 89.2 Å². The van der Waals surface area contributed by atoms with Crippen LogP contribution in [-0.2, 0) is 20.0 Å². The molecule has 1 aliphatic heterocycles. The molecule has 7 nitrogen and oxygen atoms in total. The van der Waals surface area contributed by atoms with E-state index in [2.05, 4.69) is 18.6 Å². The zero-order valence-electron chi connectivity index (χ0n) is 25.0. The minimum atomic E-state index is -3.81. The fourth-order valence-corrected chi connectivity index (χ4v) is 9.35. The molecule has 1 aliphatic rings. The van der Waals surface area contributed by atoms with Crippen molar-refractivity contribution in [3.05, 3.63) is 59.7 Å². The third-order valence-corrected chi connectivity index (χ3v) is 12.0. The highest BCUT2D eigenvalue weighted by Crippen LogP contribution is 2.33. The summed E-state index contributed by atoms with van der Waals surface area (Å²) in [6.07, 6.45) is 9.76. The maximum atomic E-state index is 13.9. The van der Waals surface area contributed by atoms with Crippen molar-refractivity contribution in [2.75, 3.05) is 12.3 Å². The van der Waals surface area contributed by atoms with E-state index in [9.17, 15) is 16.8 Å². The standard InChI is InChI=1S/C31H47N3O4S3/c1-5-7-9-11-13-27(33-40(35,36)29-19-15-25(3)16-20-29)23-32-31-34(28(24-39-31)14-12-10-8-6-2)41(37,38)30-21-17-26(4)18-22-30/h15-22,27-28,33H,5-14,23-24H2,1-4H3. The number of hydrogen-bond acceptors (Lipinski definition) is 6. The zero-order valence-corrected chi connectivity index (χ0v) is 27.5. The maximum absolute atomic E-state index is 13.9. The normalized spacial score (nSPS) is 17.8. The van der Waals surface area contributed by atoms with Crippen molar-refractivity contribution in [1.29, 1.82) is 0 Å². The number of nitrogens with one attached hydrogen (secondary N) is 1. The molecular weight excluding hydrogens is 575 g/mol. The maximum Gasteiger partial charge on any atom is 0.266 e. The van der Waals surface area contributed by atoms with E-state index >= 15 is 0 Å². The largest absolute Gasteiger partial charge is 0.266 e. The lowest BCUT2D eigenvalue weighted by Gasteiger charge is -2.26. The predicted molar refractivity (Wildman–Crippen MR) is 172 cm³/mol. The van der Waals surface area contributed by atoms with Crippen LogP contribution in [0.3, 0.4) is 0 Å². The summed E-state index contributed by atoms with van der Waals surface area (Å²) < 4.78 is 58.6. The topological polar surface area (TPSA) is 95.9 Å². The van der Waals surface area contributed by atoms with Crippen molar-refractivity contribution in [2.24, 2.45) is 4.99 Å². The molecule has 0 radical (unpaired) electrons. The Balaban J connectivity index is 1.87. The summed E-state index contributed by atoms with van der Waals surface area (Å²) in [5, 5.41) is 0.458. The van der Waals surface area contributed by atoms with Gasteiger partial charge in [0, 0.05) is 11.8 Å². The number of aryl methyl sites for hydroxylation is 2. The van der Waals surface area contributed by atoms with Crippen LogP contribution in [0.25, 0.3) is 0 Å². The number of sulfonamides is 2. The Morgan fingerprint density at radius 2 is 1.39 bits per heavy atom. The first-order chi connectivity index (χ1) is 19.6. The molecule has 1 saturated heterocycles. The van der Waals surface area contributed by atoms with E-state index in [-0.39, 0.29) is 22.4 Å². The summed E-state index contributed by atoms with van der Waals surface area (Å²) in [4.78, 5) is 5.28. The molecule has 10 heteroatoms. The Morgan fingerprint density at radius 3 is 1.98 bits per heavy atom. The van der Waals surface area contributed by atoms with Gasteiger partial charge in [-0.25, -0.2) is 25.9 Å². The summed E-state index contributed by atoms with van der Waals surface area (Å²) >= 11 is 1.46. The van der Waals surface area contributed by atoms with Gasteiger partial charge in [-0.1, -0.05) is 112 Å². The average Bonchev–Trinajstić information content (AvgIpc) is 3.36. The van der Waals surface area contributed by atoms with E-state index in [0.717, 1.165) is 68.9 Å². The van der Waals surface area contributed by atoms with E-state index in [1.807, 2.05) is 26.0 Å². The first-order valence-electron chi connectivity index (χ1n) is 15.0. The smallest absolute Gasteiger partial charge is 0.260 e. The Hall–Kier alpha value is -1.88. The van der Waals surface area contributed by atoms with Gasteiger partial charge in [0.25, 0.3) is 10.0 Å². The van der Waals surface area contributed by atoms with Gasteiger partial charge < -0.3 is 0 Å². The molecule has 0 spiro atoms. The summed E-state index contributed by atoms with van der Waals surface area (Å²) in [6.45, 7) is 8.34. The molecule has 0 saturated carbocycles. The van der Waals surface area contributed by atoms with Gasteiger partial charge in [0.15, 0.2) is 5.17 Å². The first kappa shape index (κ1) is 33.6. The lowest BCUT2D eigenvalue weighted by molar-refractivity contribution is 0.427. The highest BCUT2D eigenvalue weighted by atomic mass is 32.2. The highest BCUT2D eigenvalue weighted by Gasteiger charge is 2.39. The van der Waals surface area contributed by atoms with Crippen molar-refractivity contribution in [2.45, 2.75) is 114 Å². The fourth-order valence-electron chi connectivity index (χ4n) is 4.90. The number of thioether (sulfide) groups is 1. The van der Waals surface area contributed by atoms with Crippen LogP contribution in [-0.4, -0.2) is 50.7 Å². The third kappa shape index (κ3) is 9.83. The fraction of sp³-hybridized carbons (Fsp3) is 0.581. The van der Waals surface area contributed by atoms with Crippen LogP contribution in [0.2, 0.25) is 0 Å². The first-order valence-corrected chi connectivity index (χ1v) is 18.9. The number of amidine groups is 1. The molecule has 0 amide bonds. The van der Waals surface area contributed by atoms with Crippen LogP contribution in [0.5, 0.6) is 0 Å². The van der Waals surface area contributed by atoms with Crippen molar-refractivity contribution >= 4 is 37.0 Å². The van der Waals surface area contributed by atoms with E-state index in [1.54, 1.807) is 36.4 Å². The second-order valence-electron chi connectivity index (χ2n) is 11.0. The molecule has 41 heavy (non-hydrogen) atoms. The minimum Gasteiger partial charge on any atom is -0.260 e. The molecule has 0 bridgehead atoms. The second kappa shape index (κ2) is 16.1. The van der Waals surface area contributed by atoms with Crippen LogP contribution in [0, 0.1) is 13.8 Å². The zero-order chi connectivity index (χ0) is 29.9. The molecule has 1 N–H and O–H groups in total. The van der Waals surface area contributed by atoms with Crippen LogP contribution in [0.4, 0.5) is 0 Å². The molecule has 2 aromatic carbocycles. The van der Waals surface area contributed by atoms with E-state index in [0.29, 0.717) is 17.3 Å². The number of nitrogens with zero attached hydrogens (tertiary/aromatic N) is 2. The molecule has 0 aromatic heterocycles. The molecule has 2 atom stereocenters. The van der Waals surface area contributed by atoms with E-state index in [1.165, 1.54) is 16.1 Å². The second-order valence-corrected chi connectivity index (χ2v) is 15.5. The van der Waals surface area contributed by atoms with Gasteiger partial charge in [0.05, 0.1) is 22.4 Å². The number of aliphatic imine (C=N–C) groups is 1. The van der Waals surface area contributed by atoms with Gasteiger partial charge in [0.2, 0.25) is 10.0 Å². The Kier molecular flexibility index (Phi) is 13.2. The molecule has 2 unspecified atom stereocenters. The van der Waals surface area contributed by atoms with Crippen molar-refractivity contribution in [3.8, 4) is 0 Å². The van der Waals surface area contributed by atoms with Crippen molar-refractivity contribution in [3.63, 3.8) is 0 Å². The Bertz CT molecular complexity index is 1330. The van der Waals surface area contributed by atoms with Crippen molar-refractivity contribution < 1.29 is 16.8 Å². The number of benzene rings is 2. The molecule has 0 aliphatic carbocycles. The van der Waals surface area contributed by atoms with Gasteiger partial charge in [-0.05, 0) is 51.0 Å². The molecule has 1 heterocycles. The van der Waals surface area contributed by atoms with Gasteiger partial charge in [0.1, 0.15) is 0 Å². The number of hydrogen-bond donors (Lipinski definition) is 1. The molecular formula is C31H47N3O4S3. The summed E-state index contributed by atoms with van der Waals surface area (Å²) in [6, 6.07) is 13.1. The van der Waals surface area contributed by atoms with Gasteiger partial charge >= 0.3 is 0 Å². The quantitative estimate of drug-likeness (QED) is 0.191. The summed E-state index contributed by atoms with van der Waals surface area (Å²) in [7, 11) is -7.55. The summed E-state index contributed by atoms with van der Waals surface area (Å²) in [5.41, 5.74) is 1.99. The van der Waals surface area contributed by atoms with Gasteiger partial charge in [-0.3, -0.25) is 4.99 Å². The molecule has 228 valence electrons. The van der Waals surface area contributed by atoms with Gasteiger partial charge in [-0.15, -0.1) is 0 Å². The molecule has 2 aromatic rings. The SMILES string of the molecule is CCCCCCC(CN=C1SCC(CCCCCC)N1S(=O)(=O)c1ccc(C)cc1)NS(=O)(=O)c1ccc(C)cc1. The van der Waals surface area contributed by atoms with Crippen LogP contribution >= 0.6 is 11.8 Å². The van der Waals surface area contributed by atoms with Gasteiger partial charge in [-0.2, -0.15) is 0 Å². The van der Waals surface area contributed by atoms with Crippen LogP contribution < -0.4 is 4.72 Å². The molecule has 3 rings (SSSR count). The lowest BCUT2D eigenvalue weighted by Crippen LogP contribution is -2.41. The Morgan fingerprint density at radius 1 is 0.829 bits per heavy atom. The summed E-state index contributed by atoms with van der Waals surface area (Å²) in [5.74, 6) is 0.645. The number of unbranched alkanes of at least 4 members (excludes halogenated alkanes) is 6. The monoisotopic (exact) mass is 621 g/mol. The predicted octanol–water partition coefficient (Wildman–Crippen LogP) is 7.05. The third-order valence-electron chi connectivity index (χ3n) is 7.40. The van der Waals surface area contributed by atoms with E-state index < -0.39 is 26.1 Å². The average molecular weight is 622 g/mol. The Labute approximate surface area is 252 Å². The number of rotatable bonds is 17. The highest BCUT2D eigenvalue weighted by molar-refractivity contribution is 8.15. The van der Waals surface area contributed by atoms with E-state index in [4.69, 9.17) is 4.99 Å². The minimum absolute atomic E-state index is 0.172.